The van der Waals surface area contributed by atoms with Crippen molar-refractivity contribution in [1.29, 1.82) is 0 Å². The first kappa shape index (κ1) is 8.73. The van der Waals surface area contributed by atoms with Gasteiger partial charge in [0.15, 0.2) is 0 Å². The Hall–Kier alpha value is -0.266. The van der Waals surface area contributed by atoms with Crippen molar-refractivity contribution in [2.75, 3.05) is 0 Å². The van der Waals surface area contributed by atoms with Crippen LogP contribution in [0.3, 0.4) is 0 Å². The van der Waals surface area contributed by atoms with Crippen molar-refractivity contribution in [3.8, 4) is 0 Å². The normalized spacial score (nSPS) is 7.67. The average molecular weight is 160 g/mol. The third-order valence-corrected chi connectivity index (χ3v) is 1.06. The summed E-state index contributed by atoms with van der Waals surface area (Å²) in [5.74, 6) is 0. The summed E-state index contributed by atoms with van der Waals surface area (Å²) in [5.41, 5.74) is 2.72. The van der Waals surface area contributed by atoms with Gasteiger partial charge in [0.2, 0.25) is 0 Å². The summed E-state index contributed by atoms with van der Waals surface area (Å²) in [6.07, 6.45) is 0. The summed E-state index contributed by atoms with van der Waals surface area (Å²) >= 11 is 1.06. The average Bonchev–Trinajstić information content (AvgIpc) is 2.20. The number of hydrogen-bond acceptors (Lipinski definition) is 1. The molecule has 0 N–H and O–H groups in total. The second-order valence-electron chi connectivity index (χ2n) is 1.97. The van der Waals surface area contributed by atoms with E-state index in [0.29, 0.717) is 0 Å². The Kier molecular flexibility index (Phi) is 4.46. The van der Waals surface area contributed by atoms with Crippen molar-refractivity contribution in [3.05, 3.63) is 29.3 Å². The van der Waals surface area contributed by atoms with Crippen LogP contribution in [0.25, 0.3) is 0 Å². The molecule has 0 saturated heterocycles. The van der Waals surface area contributed by atoms with Crippen LogP contribution in [0, 0.1) is 13.8 Å². The molecule has 0 unspecified atom stereocenters. The van der Waals surface area contributed by atoms with Crippen molar-refractivity contribution < 1.29 is 21.0 Å². The van der Waals surface area contributed by atoms with E-state index in [2.05, 4.69) is 32.0 Å². The van der Waals surface area contributed by atoms with Gasteiger partial charge in [-0.2, -0.15) is 17.7 Å². The first-order valence-corrected chi connectivity index (χ1v) is 3.24. The van der Waals surface area contributed by atoms with E-state index in [9.17, 15) is 0 Å². The Labute approximate surface area is 64.7 Å². The SMILES string of the molecule is Cc1cc[c-](C)c1.[O]=[V]. The minimum absolute atomic E-state index is 1.06. The molecular formula is C7H9OV-. The van der Waals surface area contributed by atoms with Crippen molar-refractivity contribution >= 4 is 0 Å². The molecule has 0 atom stereocenters. The third kappa shape index (κ3) is 3.33. The van der Waals surface area contributed by atoms with E-state index < -0.39 is 0 Å². The quantitative estimate of drug-likeness (QED) is 0.529. The molecular weight excluding hydrogens is 151 g/mol. The standard InChI is InChI=1S/C7H9.O.V/c1-6-3-4-7(2)5-6;;/h3-5H,1-2H3;;/q-1;;. The molecule has 0 saturated carbocycles. The summed E-state index contributed by atoms with van der Waals surface area (Å²) in [7, 11) is 0. The molecule has 2 heteroatoms. The van der Waals surface area contributed by atoms with Crippen LogP contribution < -0.4 is 0 Å². The summed E-state index contributed by atoms with van der Waals surface area (Å²) in [4.78, 5) is 0. The molecule has 1 aromatic rings. The van der Waals surface area contributed by atoms with Crippen LogP contribution >= 0.6 is 0 Å². The fourth-order valence-electron chi connectivity index (χ4n) is 0.718. The summed E-state index contributed by atoms with van der Waals surface area (Å²) in [6.45, 7) is 4.21. The molecule has 1 aromatic carbocycles. The molecule has 0 amide bonds. The first-order chi connectivity index (χ1) is 4.29. The van der Waals surface area contributed by atoms with Crippen LogP contribution in [0.1, 0.15) is 11.1 Å². The molecule has 9 heavy (non-hydrogen) atoms. The van der Waals surface area contributed by atoms with Crippen LogP contribution in [0.2, 0.25) is 0 Å². The second kappa shape index (κ2) is 4.60. The molecule has 0 fully saturated rings. The van der Waals surface area contributed by atoms with Gasteiger partial charge < -0.3 is 0 Å². The zero-order valence-corrected chi connectivity index (χ0v) is 6.98. The predicted molar refractivity (Wildman–Crippen MR) is 32.2 cm³/mol. The number of hydrogen-bond donors (Lipinski definition) is 0. The van der Waals surface area contributed by atoms with Gasteiger partial charge in [0.05, 0.1) is 0 Å². The van der Waals surface area contributed by atoms with Gasteiger partial charge in [-0.1, -0.05) is 13.8 Å². The van der Waals surface area contributed by atoms with Gasteiger partial charge in [0, 0.05) is 0 Å². The fourth-order valence-corrected chi connectivity index (χ4v) is 0.718. The van der Waals surface area contributed by atoms with E-state index in [-0.39, 0.29) is 0 Å². The van der Waals surface area contributed by atoms with Crippen LogP contribution in [0.5, 0.6) is 0 Å². The van der Waals surface area contributed by atoms with Crippen molar-refractivity contribution in [2.24, 2.45) is 0 Å². The van der Waals surface area contributed by atoms with Gasteiger partial charge >= 0.3 is 21.0 Å². The molecule has 0 aromatic heterocycles. The molecule has 0 aliphatic heterocycles. The van der Waals surface area contributed by atoms with Crippen LogP contribution in [-0.2, 0) is 21.0 Å². The van der Waals surface area contributed by atoms with Gasteiger partial charge in [-0.25, -0.2) is 11.6 Å². The van der Waals surface area contributed by atoms with Crippen LogP contribution in [0.15, 0.2) is 18.2 Å². The maximum absolute atomic E-state index is 8.19. The van der Waals surface area contributed by atoms with Gasteiger partial charge in [-0.15, -0.1) is 0 Å². The van der Waals surface area contributed by atoms with Gasteiger partial charge in [0.1, 0.15) is 0 Å². The number of aryl methyl sites for hydroxylation is 2. The van der Waals surface area contributed by atoms with E-state index in [0.717, 1.165) is 17.4 Å². The summed E-state index contributed by atoms with van der Waals surface area (Å²) < 4.78 is 8.19. The van der Waals surface area contributed by atoms with Gasteiger partial charge in [0.25, 0.3) is 0 Å². The molecule has 0 spiro atoms. The van der Waals surface area contributed by atoms with E-state index in [1.807, 2.05) is 0 Å². The molecule has 0 bridgehead atoms. The summed E-state index contributed by atoms with van der Waals surface area (Å²) in [6, 6.07) is 6.41. The van der Waals surface area contributed by atoms with Crippen molar-refractivity contribution in [2.45, 2.75) is 13.8 Å². The van der Waals surface area contributed by atoms with Gasteiger partial charge in [-0.05, 0) is 0 Å². The van der Waals surface area contributed by atoms with Crippen molar-refractivity contribution in [1.82, 2.24) is 0 Å². The Morgan fingerprint density at radius 1 is 1.56 bits per heavy atom. The van der Waals surface area contributed by atoms with E-state index >= 15 is 0 Å². The zero-order chi connectivity index (χ0) is 7.28. The minimum atomic E-state index is 1.06. The van der Waals surface area contributed by atoms with E-state index in [1.165, 1.54) is 11.1 Å². The fraction of sp³-hybridized carbons (Fsp3) is 0.286. The van der Waals surface area contributed by atoms with E-state index in [1.54, 1.807) is 0 Å². The topological polar surface area (TPSA) is 17.1 Å². The van der Waals surface area contributed by atoms with Crippen LogP contribution in [-0.4, -0.2) is 0 Å². The Morgan fingerprint density at radius 2 is 2.11 bits per heavy atom. The zero-order valence-electron chi connectivity index (χ0n) is 5.59. The molecule has 0 radical (unpaired) electrons. The molecule has 1 rings (SSSR count). The Balaban J connectivity index is 0.000000291. The molecule has 1 nitrogen and oxygen atoms in total. The number of rotatable bonds is 0. The Morgan fingerprint density at radius 3 is 2.22 bits per heavy atom. The Bertz CT molecular complexity index is 153. The third-order valence-electron chi connectivity index (χ3n) is 1.06. The summed E-state index contributed by atoms with van der Waals surface area (Å²) in [5, 5.41) is 0. The van der Waals surface area contributed by atoms with Crippen molar-refractivity contribution in [3.63, 3.8) is 0 Å². The van der Waals surface area contributed by atoms with Crippen LogP contribution in [0.4, 0.5) is 0 Å². The predicted octanol–water partition coefficient (Wildman–Crippen LogP) is 1.90. The molecule has 0 heterocycles. The second-order valence-corrected chi connectivity index (χ2v) is 1.97. The monoisotopic (exact) mass is 160 g/mol. The van der Waals surface area contributed by atoms with E-state index in [4.69, 9.17) is 3.67 Å². The molecule has 0 aliphatic carbocycles. The molecule has 0 aliphatic rings. The molecule has 49 valence electrons. The first-order valence-electron chi connectivity index (χ1n) is 2.67. The van der Waals surface area contributed by atoms with Gasteiger partial charge in [-0.3, -0.25) is 0 Å². The maximum atomic E-state index is 8.19.